The first-order chi connectivity index (χ1) is 9.21. The molecule has 1 aliphatic heterocycles. The smallest absolute Gasteiger partial charge is 0.173 e. The van der Waals surface area contributed by atoms with Crippen LogP contribution in [0.15, 0.2) is 6.07 Å². The second-order valence-corrected chi connectivity index (χ2v) is 5.02. The molecule has 0 spiro atoms. The summed E-state index contributed by atoms with van der Waals surface area (Å²) in [6, 6.07) is 2.23. The Kier molecular flexibility index (Phi) is 4.66. The third-order valence-electron chi connectivity index (χ3n) is 3.46. The van der Waals surface area contributed by atoms with Crippen molar-refractivity contribution in [1.82, 2.24) is 5.32 Å². The van der Waals surface area contributed by atoms with Gasteiger partial charge in [0.2, 0.25) is 0 Å². The summed E-state index contributed by atoms with van der Waals surface area (Å²) in [7, 11) is 3.09. The number of hydrogen-bond acceptors (Lipinski definition) is 4. The summed E-state index contributed by atoms with van der Waals surface area (Å²) in [5.41, 5.74) is 1.30. The van der Waals surface area contributed by atoms with Gasteiger partial charge in [0, 0.05) is 11.6 Å². The Hall–Kier alpha value is -1.26. The van der Waals surface area contributed by atoms with Crippen molar-refractivity contribution in [3.8, 4) is 11.5 Å². The Morgan fingerprint density at radius 3 is 2.68 bits per heavy atom. The van der Waals surface area contributed by atoms with Crippen LogP contribution in [0.25, 0.3) is 0 Å². The van der Waals surface area contributed by atoms with E-state index in [0.717, 1.165) is 24.9 Å². The molecule has 2 rings (SSSR count). The van der Waals surface area contributed by atoms with E-state index in [0.29, 0.717) is 34.4 Å². The Morgan fingerprint density at radius 2 is 2.16 bits per heavy atom. The third kappa shape index (κ3) is 2.85. The highest BCUT2D eigenvalue weighted by atomic mass is 35.5. The SMILES string of the molecule is COc1c(CC2CCCN2)cc(Cl)c(C=O)c1OC. The second kappa shape index (κ2) is 6.26. The lowest BCUT2D eigenvalue weighted by atomic mass is 10.0. The van der Waals surface area contributed by atoms with Gasteiger partial charge < -0.3 is 14.8 Å². The summed E-state index contributed by atoms with van der Waals surface area (Å²) in [6.07, 6.45) is 3.84. The first-order valence-corrected chi connectivity index (χ1v) is 6.71. The molecule has 1 heterocycles. The Balaban J connectivity index is 2.41. The number of nitrogens with one attached hydrogen (secondary N) is 1. The maximum Gasteiger partial charge on any atom is 0.173 e. The molecule has 19 heavy (non-hydrogen) atoms. The van der Waals surface area contributed by atoms with E-state index in [1.54, 1.807) is 13.2 Å². The molecule has 1 unspecified atom stereocenters. The molecule has 1 aliphatic rings. The molecule has 0 radical (unpaired) electrons. The number of hydrogen-bond donors (Lipinski definition) is 1. The summed E-state index contributed by atoms with van der Waals surface area (Å²) in [5.74, 6) is 1.01. The fraction of sp³-hybridized carbons (Fsp3) is 0.500. The number of halogens is 1. The van der Waals surface area contributed by atoms with E-state index in [-0.39, 0.29) is 0 Å². The van der Waals surface area contributed by atoms with Gasteiger partial charge in [0.15, 0.2) is 17.8 Å². The number of carbonyl (C=O) groups excluding carboxylic acids is 1. The van der Waals surface area contributed by atoms with Gasteiger partial charge in [-0.05, 0) is 31.9 Å². The predicted octanol–water partition coefficient (Wildman–Crippen LogP) is 2.46. The number of ether oxygens (including phenoxy) is 2. The van der Waals surface area contributed by atoms with E-state index in [2.05, 4.69) is 5.32 Å². The molecule has 4 nitrogen and oxygen atoms in total. The molecule has 1 fully saturated rings. The minimum Gasteiger partial charge on any atom is -0.493 e. The van der Waals surface area contributed by atoms with Crippen LogP contribution in [-0.4, -0.2) is 33.1 Å². The largest absolute Gasteiger partial charge is 0.493 e. The van der Waals surface area contributed by atoms with Crippen LogP contribution in [0, 0.1) is 0 Å². The van der Waals surface area contributed by atoms with Crippen molar-refractivity contribution in [2.45, 2.75) is 25.3 Å². The van der Waals surface area contributed by atoms with Crippen LogP contribution in [0.3, 0.4) is 0 Å². The highest BCUT2D eigenvalue weighted by Gasteiger charge is 2.22. The Morgan fingerprint density at radius 1 is 1.42 bits per heavy atom. The van der Waals surface area contributed by atoms with Crippen molar-refractivity contribution in [3.63, 3.8) is 0 Å². The van der Waals surface area contributed by atoms with Crippen LogP contribution >= 0.6 is 11.6 Å². The van der Waals surface area contributed by atoms with Crippen LogP contribution in [0.2, 0.25) is 5.02 Å². The molecule has 1 saturated heterocycles. The summed E-state index contributed by atoms with van der Waals surface area (Å²) < 4.78 is 10.7. The zero-order valence-corrected chi connectivity index (χ0v) is 11.9. The summed E-state index contributed by atoms with van der Waals surface area (Å²) in [5, 5.41) is 3.84. The van der Waals surface area contributed by atoms with Gasteiger partial charge >= 0.3 is 0 Å². The molecule has 0 saturated carbocycles. The van der Waals surface area contributed by atoms with E-state index in [9.17, 15) is 4.79 Å². The van der Waals surface area contributed by atoms with Crippen molar-refractivity contribution in [3.05, 3.63) is 22.2 Å². The predicted molar refractivity (Wildman–Crippen MR) is 74.7 cm³/mol. The lowest BCUT2D eigenvalue weighted by Gasteiger charge is -2.18. The molecule has 5 heteroatoms. The zero-order chi connectivity index (χ0) is 13.8. The number of aldehydes is 1. The van der Waals surface area contributed by atoms with Crippen LogP contribution in [0.1, 0.15) is 28.8 Å². The molecular formula is C14H18ClNO3. The van der Waals surface area contributed by atoms with Gasteiger partial charge in [-0.15, -0.1) is 0 Å². The molecule has 0 bridgehead atoms. The van der Waals surface area contributed by atoms with Gasteiger partial charge in [-0.25, -0.2) is 0 Å². The number of rotatable bonds is 5. The van der Waals surface area contributed by atoms with Gasteiger partial charge in [-0.2, -0.15) is 0 Å². The average molecular weight is 284 g/mol. The summed E-state index contributed by atoms with van der Waals surface area (Å²) in [6.45, 7) is 1.05. The number of methoxy groups -OCH3 is 2. The lowest BCUT2D eigenvalue weighted by molar-refractivity contribution is 0.112. The first kappa shape index (κ1) is 14.2. The maximum atomic E-state index is 11.1. The quantitative estimate of drug-likeness (QED) is 0.844. The van der Waals surface area contributed by atoms with Gasteiger partial charge in [-0.1, -0.05) is 11.6 Å². The normalized spacial score (nSPS) is 18.4. The minimum absolute atomic E-state index is 0.337. The molecule has 0 aliphatic carbocycles. The zero-order valence-electron chi connectivity index (χ0n) is 11.2. The van der Waals surface area contributed by atoms with E-state index in [1.165, 1.54) is 13.5 Å². The van der Waals surface area contributed by atoms with E-state index in [4.69, 9.17) is 21.1 Å². The Bertz CT molecular complexity index is 470. The van der Waals surface area contributed by atoms with E-state index >= 15 is 0 Å². The lowest BCUT2D eigenvalue weighted by Crippen LogP contribution is -2.24. The first-order valence-electron chi connectivity index (χ1n) is 6.33. The number of benzene rings is 1. The molecular weight excluding hydrogens is 266 g/mol. The van der Waals surface area contributed by atoms with Crippen LogP contribution in [-0.2, 0) is 6.42 Å². The summed E-state index contributed by atoms with van der Waals surface area (Å²) in [4.78, 5) is 11.1. The molecule has 1 aromatic rings. The van der Waals surface area contributed by atoms with Crippen LogP contribution < -0.4 is 14.8 Å². The fourth-order valence-electron chi connectivity index (χ4n) is 2.56. The monoisotopic (exact) mass is 283 g/mol. The third-order valence-corrected chi connectivity index (χ3v) is 3.77. The van der Waals surface area contributed by atoms with E-state index < -0.39 is 0 Å². The van der Waals surface area contributed by atoms with Crippen molar-refractivity contribution >= 4 is 17.9 Å². The van der Waals surface area contributed by atoms with E-state index in [1.807, 2.05) is 0 Å². The standard InChI is InChI=1S/C14H18ClNO3/c1-18-13-9(6-10-4-3-5-16-10)7-12(15)11(8-17)14(13)19-2/h7-8,10,16H,3-6H2,1-2H3. The fourth-order valence-corrected chi connectivity index (χ4v) is 2.82. The molecule has 0 aromatic heterocycles. The van der Waals surface area contributed by atoms with Gasteiger partial charge in [0.25, 0.3) is 0 Å². The highest BCUT2D eigenvalue weighted by Crippen LogP contribution is 2.39. The molecule has 0 amide bonds. The summed E-state index contributed by atoms with van der Waals surface area (Å²) >= 11 is 6.14. The van der Waals surface area contributed by atoms with Gasteiger partial charge in [0.05, 0.1) is 24.8 Å². The topological polar surface area (TPSA) is 47.6 Å². The maximum absolute atomic E-state index is 11.1. The van der Waals surface area contributed by atoms with Crippen molar-refractivity contribution in [2.24, 2.45) is 0 Å². The molecule has 1 aromatic carbocycles. The van der Waals surface area contributed by atoms with Crippen LogP contribution in [0.5, 0.6) is 11.5 Å². The minimum atomic E-state index is 0.337. The second-order valence-electron chi connectivity index (χ2n) is 4.61. The van der Waals surface area contributed by atoms with Crippen molar-refractivity contribution < 1.29 is 14.3 Å². The van der Waals surface area contributed by atoms with Gasteiger partial charge in [-0.3, -0.25) is 4.79 Å². The van der Waals surface area contributed by atoms with Crippen molar-refractivity contribution in [2.75, 3.05) is 20.8 Å². The Labute approximate surface area is 118 Å². The highest BCUT2D eigenvalue weighted by molar-refractivity contribution is 6.33. The number of carbonyl (C=O) groups is 1. The van der Waals surface area contributed by atoms with Crippen LogP contribution in [0.4, 0.5) is 0 Å². The molecule has 1 N–H and O–H groups in total. The van der Waals surface area contributed by atoms with Gasteiger partial charge in [0.1, 0.15) is 0 Å². The molecule has 1 atom stereocenters. The average Bonchev–Trinajstić information content (AvgIpc) is 2.90. The van der Waals surface area contributed by atoms with Crippen molar-refractivity contribution in [1.29, 1.82) is 0 Å². The molecule has 104 valence electrons.